The molecule has 0 radical (unpaired) electrons. The second kappa shape index (κ2) is 9.68. The topological polar surface area (TPSA) is 105 Å². The van der Waals surface area contributed by atoms with Crippen molar-refractivity contribution in [1.82, 2.24) is 10.6 Å². The first-order valence-corrected chi connectivity index (χ1v) is 10.8. The zero-order valence-corrected chi connectivity index (χ0v) is 17.6. The highest BCUT2D eigenvalue weighted by atomic mass is 16.5. The highest BCUT2D eigenvalue weighted by Gasteiger charge is 2.35. The van der Waals surface area contributed by atoms with Crippen LogP contribution in [0.4, 0.5) is 4.79 Å². The molecule has 0 bridgehead atoms. The van der Waals surface area contributed by atoms with E-state index in [0.717, 1.165) is 23.6 Å². The summed E-state index contributed by atoms with van der Waals surface area (Å²) < 4.78 is 5.60. The third kappa shape index (κ3) is 4.66. The number of nitrogens with one attached hydrogen (secondary N) is 2. The smallest absolute Gasteiger partial charge is 0.407 e. The van der Waals surface area contributed by atoms with Crippen molar-refractivity contribution in [2.45, 2.75) is 31.2 Å². The summed E-state index contributed by atoms with van der Waals surface area (Å²) in [4.78, 5) is 35.5. The predicted molar refractivity (Wildman–Crippen MR) is 119 cm³/mol. The second-order valence-corrected chi connectivity index (χ2v) is 8.10. The van der Waals surface area contributed by atoms with Crippen LogP contribution in [0.2, 0.25) is 0 Å². The van der Waals surface area contributed by atoms with Gasteiger partial charge in [-0.1, -0.05) is 61.0 Å². The van der Waals surface area contributed by atoms with Crippen LogP contribution in [0.3, 0.4) is 0 Å². The van der Waals surface area contributed by atoms with Gasteiger partial charge in [0.05, 0.1) is 5.92 Å². The van der Waals surface area contributed by atoms with Gasteiger partial charge in [-0.25, -0.2) is 9.59 Å². The minimum absolute atomic E-state index is 0.0168. The Morgan fingerprint density at radius 1 is 1.00 bits per heavy atom. The summed E-state index contributed by atoms with van der Waals surface area (Å²) >= 11 is 0. The van der Waals surface area contributed by atoms with Crippen molar-refractivity contribution in [1.29, 1.82) is 0 Å². The fraction of sp³-hybridized carbons (Fsp3) is 0.320. The lowest BCUT2D eigenvalue weighted by Crippen LogP contribution is -2.44. The Morgan fingerprint density at radius 2 is 1.66 bits per heavy atom. The highest BCUT2D eigenvalue weighted by molar-refractivity contribution is 5.82. The minimum Gasteiger partial charge on any atom is -0.478 e. The van der Waals surface area contributed by atoms with E-state index in [1.807, 2.05) is 24.3 Å². The molecule has 0 unspecified atom stereocenters. The normalized spacial score (nSPS) is 19.4. The van der Waals surface area contributed by atoms with Crippen molar-refractivity contribution < 1.29 is 24.2 Å². The Bertz CT molecular complexity index is 1000. The van der Waals surface area contributed by atoms with Crippen molar-refractivity contribution in [3.63, 3.8) is 0 Å². The third-order valence-electron chi connectivity index (χ3n) is 6.15. The molecule has 2 aromatic carbocycles. The lowest BCUT2D eigenvalue weighted by Gasteiger charge is -2.21. The van der Waals surface area contributed by atoms with Crippen molar-refractivity contribution in [2.75, 3.05) is 13.2 Å². The Hall–Kier alpha value is -3.61. The van der Waals surface area contributed by atoms with E-state index in [4.69, 9.17) is 9.84 Å². The molecule has 7 nitrogen and oxygen atoms in total. The quantitative estimate of drug-likeness (QED) is 0.579. The SMILES string of the molecule is O=C(O)/C=C/CNC(=O)[C@H]1CCC[C@H]1NC(=O)OCC1c2ccccc2-c2ccccc21. The number of amides is 2. The molecule has 4 rings (SSSR count). The average Bonchev–Trinajstić information content (AvgIpc) is 3.37. The molecule has 3 N–H and O–H groups in total. The van der Waals surface area contributed by atoms with Gasteiger partial charge >= 0.3 is 12.1 Å². The number of carbonyl (C=O) groups excluding carboxylic acids is 2. The van der Waals surface area contributed by atoms with Crippen molar-refractivity contribution >= 4 is 18.0 Å². The number of carboxylic acid groups (broad SMARTS) is 1. The molecule has 2 aromatic rings. The number of hydrogen-bond acceptors (Lipinski definition) is 4. The zero-order valence-electron chi connectivity index (χ0n) is 17.6. The van der Waals surface area contributed by atoms with E-state index < -0.39 is 12.1 Å². The molecule has 32 heavy (non-hydrogen) atoms. The van der Waals surface area contributed by atoms with E-state index in [-0.39, 0.29) is 36.9 Å². The summed E-state index contributed by atoms with van der Waals surface area (Å²) in [6, 6.07) is 16.0. The average molecular weight is 434 g/mol. The van der Waals surface area contributed by atoms with E-state index in [1.54, 1.807) is 0 Å². The Balaban J connectivity index is 1.33. The van der Waals surface area contributed by atoms with Gasteiger partial charge in [-0.15, -0.1) is 0 Å². The number of aliphatic carboxylic acids is 1. The first-order chi connectivity index (χ1) is 15.5. The lowest BCUT2D eigenvalue weighted by atomic mass is 9.98. The van der Waals surface area contributed by atoms with E-state index in [2.05, 4.69) is 34.9 Å². The van der Waals surface area contributed by atoms with E-state index >= 15 is 0 Å². The molecule has 2 atom stereocenters. The molecule has 0 aromatic heterocycles. The van der Waals surface area contributed by atoms with Crippen LogP contribution >= 0.6 is 0 Å². The molecule has 7 heteroatoms. The van der Waals surface area contributed by atoms with Gasteiger partial charge in [0.15, 0.2) is 0 Å². The van der Waals surface area contributed by atoms with Crippen LogP contribution in [0.25, 0.3) is 11.1 Å². The molecule has 0 heterocycles. The fourth-order valence-electron chi connectivity index (χ4n) is 4.69. The minimum atomic E-state index is -1.06. The Morgan fingerprint density at radius 3 is 2.31 bits per heavy atom. The van der Waals surface area contributed by atoms with Gasteiger partial charge in [-0.3, -0.25) is 4.79 Å². The maximum atomic E-state index is 12.5. The molecular formula is C25H26N2O5. The molecular weight excluding hydrogens is 408 g/mol. The largest absolute Gasteiger partial charge is 0.478 e. The standard InChI is InChI=1S/C25H26N2O5/c28-23(29)13-6-14-26-24(30)20-11-5-12-22(20)27-25(31)32-15-21-18-9-3-1-7-16(18)17-8-2-4-10-19(17)21/h1-4,6-10,13,20-22H,5,11-12,14-15H2,(H,26,30)(H,27,31)(H,28,29)/b13-6+/t20-,22+/m0/s1. The van der Waals surface area contributed by atoms with Crippen LogP contribution in [0, 0.1) is 5.92 Å². The molecule has 166 valence electrons. The molecule has 2 aliphatic carbocycles. The second-order valence-electron chi connectivity index (χ2n) is 8.10. The summed E-state index contributed by atoms with van der Waals surface area (Å²) in [7, 11) is 0. The van der Waals surface area contributed by atoms with Gasteiger partial charge in [0.25, 0.3) is 0 Å². The van der Waals surface area contributed by atoms with E-state index in [0.29, 0.717) is 12.8 Å². The van der Waals surface area contributed by atoms with Gasteiger partial charge in [0.2, 0.25) is 5.91 Å². The summed E-state index contributed by atoms with van der Waals surface area (Å²) in [5.41, 5.74) is 4.63. The Labute approximate surface area is 186 Å². The number of alkyl carbamates (subject to hydrolysis) is 1. The maximum absolute atomic E-state index is 12.5. The zero-order chi connectivity index (χ0) is 22.5. The summed E-state index contributed by atoms with van der Waals surface area (Å²) in [5, 5.41) is 14.2. The van der Waals surface area contributed by atoms with Gasteiger partial charge in [0.1, 0.15) is 6.61 Å². The number of ether oxygens (including phenoxy) is 1. The fourth-order valence-corrected chi connectivity index (χ4v) is 4.69. The van der Waals surface area contributed by atoms with Crippen LogP contribution in [-0.2, 0) is 14.3 Å². The van der Waals surface area contributed by atoms with Crippen molar-refractivity contribution in [3.05, 3.63) is 71.8 Å². The number of fused-ring (bicyclic) bond motifs is 3. The first kappa shape index (κ1) is 21.6. The highest BCUT2D eigenvalue weighted by Crippen LogP contribution is 2.44. The van der Waals surface area contributed by atoms with Gasteiger partial charge in [0, 0.05) is 24.6 Å². The van der Waals surface area contributed by atoms with E-state index in [9.17, 15) is 14.4 Å². The van der Waals surface area contributed by atoms with Crippen LogP contribution in [-0.4, -0.2) is 42.3 Å². The van der Waals surface area contributed by atoms with Crippen molar-refractivity contribution in [2.24, 2.45) is 5.92 Å². The number of benzene rings is 2. The van der Waals surface area contributed by atoms with Crippen LogP contribution in [0.5, 0.6) is 0 Å². The maximum Gasteiger partial charge on any atom is 0.407 e. The van der Waals surface area contributed by atoms with Crippen LogP contribution in [0.1, 0.15) is 36.3 Å². The number of carboxylic acids is 1. The molecule has 0 saturated heterocycles. The summed E-state index contributed by atoms with van der Waals surface area (Å²) in [5.74, 6) is -1.62. The molecule has 0 aliphatic heterocycles. The van der Waals surface area contributed by atoms with Gasteiger partial charge < -0.3 is 20.5 Å². The van der Waals surface area contributed by atoms with Gasteiger partial charge in [-0.05, 0) is 35.1 Å². The predicted octanol–water partition coefficient (Wildman–Crippen LogP) is 3.45. The van der Waals surface area contributed by atoms with Crippen molar-refractivity contribution in [3.8, 4) is 11.1 Å². The molecule has 0 spiro atoms. The first-order valence-electron chi connectivity index (χ1n) is 10.8. The van der Waals surface area contributed by atoms with Crippen LogP contribution in [0.15, 0.2) is 60.7 Å². The number of hydrogen-bond donors (Lipinski definition) is 3. The number of carbonyl (C=O) groups is 3. The Kier molecular flexibility index (Phi) is 6.54. The molecule has 2 amide bonds. The third-order valence-corrected chi connectivity index (χ3v) is 6.15. The number of rotatable bonds is 7. The van der Waals surface area contributed by atoms with E-state index in [1.165, 1.54) is 17.2 Å². The summed E-state index contributed by atoms with van der Waals surface area (Å²) in [6.07, 6.45) is 4.04. The van der Waals surface area contributed by atoms with Gasteiger partial charge in [-0.2, -0.15) is 0 Å². The van der Waals surface area contributed by atoms with Crippen LogP contribution < -0.4 is 10.6 Å². The molecule has 1 fully saturated rings. The monoisotopic (exact) mass is 434 g/mol. The summed E-state index contributed by atoms with van der Waals surface area (Å²) in [6.45, 7) is 0.364. The lowest BCUT2D eigenvalue weighted by molar-refractivity contribution is -0.131. The molecule has 1 saturated carbocycles. The molecule has 2 aliphatic rings.